The average Bonchev–Trinajstić information content (AvgIpc) is 3.21. The molecule has 4 aromatic carbocycles. The number of hydrogen-bond donors (Lipinski definition) is 0. The molecule has 0 bridgehead atoms. The predicted octanol–water partition coefficient (Wildman–Crippen LogP) is 6.63. The maximum absolute atomic E-state index is 13.8. The van der Waals surface area contributed by atoms with E-state index in [1.54, 1.807) is 18.2 Å². The lowest BCUT2D eigenvalue weighted by Crippen LogP contribution is -2.29. The first-order valence-corrected chi connectivity index (χ1v) is 12.1. The van der Waals surface area contributed by atoms with E-state index in [2.05, 4.69) is 29.8 Å². The van der Waals surface area contributed by atoms with E-state index < -0.39 is 11.4 Å². The summed E-state index contributed by atoms with van der Waals surface area (Å²) >= 11 is 3.41. The lowest BCUT2D eigenvalue weighted by molar-refractivity contribution is -0.131. The number of nitrogens with zero attached hydrogens (tertiary/aromatic N) is 1. The zero-order valence-electron chi connectivity index (χ0n) is 19.3. The summed E-state index contributed by atoms with van der Waals surface area (Å²) in [5, 5.41) is 1.66. The van der Waals surface area contributed by atoms with Gasteiger partial charge in [-0.2, -0.15) is 0 Å². The van der Waals surface area contributed by atoms with Crippen LogP contribution in [-0.4, -0.2) is 17.8 Å². The number of rotatable bonds is 2. The Morgan fingerprint density at radius 3 is 2.20 bits per heavy atom. The smallest absolute Gasteiger partial charge is 0.308 e. The second kappa shape index (κ2) is 7.36. The molecule has 6 rings (SSSR count). The number of imide groups is 1. The van der Waals surface area contributed by atoms with Gasteiger partial charge in [-0.05, 0) is 58.5 Å². The van der Waals surface area contributed by atoms with Crippen LogP contribution < -0.4 is 9.64 Å². The van der Waals surface area contributed by atoms with Gasteiger partial charge in [-0.15, -0.1) is 0 Å². The summed E-state index contributed by atoms with van der Waals surface area (Å²) < 4.78 is 6.45. The van der Waals surface area contributed by atoms with Crippen LogP contribution in [0.2, 0.25) is 0 Å². The van der Waals surface area contributed by atoms with Crippen LogP contribution >= 0.6 is 15.9 Å². The highest BCUT2D eigenvalue weighted by Gasteiger charge is 2.46. The summed E-state index contributed by atoms with van der Waals surface area (Å²) in [6.07, 6.45) is 0. The highest BCUT2D eigenvalue weighted by atomic mass is 79.9. The number of esters is 1. The van der Waals surface area contributed by atoms with Gasteiger partial charge in [0.2, 0.25) is 0 Å². The molecule has 172 valence electrons. The van der Waals surface area contributed by atoms with E-state index in [1.165, 1.54) is 11.8 Å². The average molecular weight is 526 g/mol. The molecule has 0 radical (unpaired) electrons. The molecule has 0 saturated carbocycles. The minimum Gasteiger partial charge on any atom is -0.426 e. The SMILES string of the molecule is CC(=O)Oc1cc2c(c3ccccc13)-c1c(ccc3c1C(=O)N(c1ccc(Br)cc1)C3=O)C2(C)C. The van der Waals surface area contributed by atoms with Gasteiger partial charge in [0.25, 0.3) is 11.8 Å². The van der Waals surface area contributed by atoms with Crippen LogP contribution in [0.15, 0.2) is 71.2 Å². The molecule has 0 aromatic heterocycles. The van der Waals surface area contributed by atoms with Crippen molar-refractivity contribution in [3.05, 3.63) is 93.5 Å². The van der Waals surface area contributed by atoms with Gasteiger partial charge in [-0.25, -0.2) is 4.90 Å². The Labute approximate surface area is 210 Å². The monoisotopic (exact) mass is 525 g/mol. The van der Waals surface area contributed by atoms with E-state index >= 15 is 0 Å². The van der Waals surface area contributed by atoms with Crippen molar-refractivity contribution in [2.24, 2.45) is 0 Å². The molecule has 6 heteroatoms. The van der Waals surface area contributed by atoms with Crippen LogP contribution in [0, 0.1) is 0 Å². The summed E-state index contributed by atoms with van der Waals surface area (Å²) in [7, 11) is 0. The van der Waals surface area contributed by atoms with Gasteiger partial charge in [0.1, 0.15) is 5.75 Å². The number of anilines is 1. The molecular formula is C29H20BrNO4. The van der Waals surface area contributed by atoms with E-state index in [0.717, 1.165) is 37.5 Å². The fourth-order valence-corrected chi connectivity index (χ4v) is 5.69. The van der Waals surface area contributed by atoms with E-state index in [0.29, 0.717) is 22.6 Å². The summed E-state index contributed by atoms with van der Waals surface area (Å²) in [6.45, 7) is 5.56. The van der Waals surface area contributed by atoms with Crippen molar-refractivity contribution in [2.75, 3.05) is 4.90 Å². The van der Waals surface area contributed by atoms with Crippen molar-refractivity contribution in [3.63, 3.8) is 0 Å². The number of halogens is 1. The number of fused-ring (bicyclic) bond motifs is 7. The summed E-state index contributed by atoms with van der Waals surface area (Å²) in [4.78, 5) is 40.4. The Kier molecular flexibility index (Phi) is 4.57. The van der Waals surface area contributed by atoms with Crippen LogP contribution in [-0.2, 0) is 10.2 Å². The Morgan fingerprint density at radius 2 is 1.51 bits per heavy atom. The third-order valence-electron chi connectivity index (χ3n) is 7.00. The van der Waals surface area contributed by atoms with Crippen molar-refractivity contribution in [3.8, 4) is 16.9 Å². The Bertz CT molecular complexity index is 1620. The Balaban J connectivity index is 1.65. The van der Waals surface area contributed by atoms with Crippen LogP contribution in [0.5, 0.6) is 5.75 Å². The molecule has 4 aromatic rings. The van der Waals surface area contributed by atoms with Gasteiger partial charge in [0, 0.05) is 27.8 Å². The number of carbonyl (C=O) groups is 3. The molecule has 0 N–H and O–H groups in total. The maximum Gasteiger partial charge on any atom is 0.308 e. The van der Waals surface area contributed by atoms with E-state index in [-0.39, 0.29) is 11.8 Å². The molecule has 1 heterocycles. The van der Waals surface area contributed by atoms with E-state index in [1.807, 2.05) is 48.5 Å². The molecule has 0 atom stereocenters. The molecule has 2 amide bonds. The normalized spacial score (nSPS) is 15.3. The van der Waals surface area contributed by atoms with Crippen molar-refractivity contribution in [1.82, 2.24) is 0 Å². The lowest BCUT2D eigenvalue weighted by Gasteiger charge is -2.22. The number of benzene rings is 4. The van der Waals surface area contributed by atoms with Gasteiger partial charge >= 0.3 is 5.97 Å². The van der Waals surface area contributed by atoms with Gasteiger partial charge in [-0.3, -0.25) is 14.4 Å². The maximum atomic E-state index is 13.8. The quantitative estimate of drug-likeness (QED) is 0.167. The van der Waals surface area contributed by atoms with Gasteiger partial charge in [-0.1, -0.05) is 60.1 Å². The number of hydrogen-bond acceptors (Lipinski definition) is 4. The molecular weight excluding hydrogens is 506 g/mol. The molecule has 0 fully saturated rings. The van der Waals surface area contributed by atoms with Crippen LogP contribution in [0.3, 0.4) is 0 Å². The zero-order valence-corrected chi connectivity index (χ0v) is 20.9. The number of carbonyl (C=O) groups excluding carboxylic acids is 3. The second-order valence-corrected chi connectivity index (χ2v) is 10.3. The van der Waals surface area contributed by atoms with Crippen LogP contribution in [0.25, 0.3) is 21.9 Å². The summed E-state index contributed by atoms with van der Waals surface area (Å²) in [6, 6.07) is 20.4. The number of ether oxygens (including phenoxy) is 1. The molecule has 0 saturated heterocycles. The standard InChI is InChI=1S/C29H20BrNO4/c1-15(32)35-23-14-22-24(19-7-5-4-6-18(19)23)26-21(29(22,2)3)13-12-20-25(26)28(34)31(27(20)33)17-10-8-16(30)9-11-17/h4-14H,1-3H3. The topological polar surface area (TPSA) is 63.7 Å². The third kappa shape index (κ3) is 2.96. The first-order valence-electron chi connectivity index (χ1n) is 11.3. The molecule has 1 aliphatic carbocycles. The second-order valence-electron chi connectivity index (χ2n) is 9.39. The van der Waals surface area contributed by atoms with Gasteiger partial charge in [0.15, 0.2) is 0 Å². The predicted molar refractivity (Wildman–Crippen MR) is 138 cm³/mol. The molecule has 35 heavy (non-hydrogen) atoms. The Morgan fingerprint density at radius 1 is 0.829 bits per heavy atom. The van der Waals surface area contributed by atoms with E-state index in [9.17, 15) is 14.4 Å². The molecule has 0 spiro atoms. The minimum absolute atomic E-state index is 0.331. The fraction of sp³-hybridized carbons (Fsp3) is 0.138. The van der Waals surface area contributed by atoms with Gasteiger partial charge < -0.3 is 4.74 Å². The Hall–Kier alpha value is -3.77. The first kappa shape index (κ1) is 21.7. The largest absolute Gasteiger partial charge is 0.426 e. The fourth-order valence-electron chi connectivity index (χ4n) is 5.42. The lowest BCUT2D eigenvalue weighted by atomic mass is 9.81. The number of amides is 2. The van der Waals surface area contributed by atoms with Gasteiger partial charge in [0.05, 0.1) is 16.8 Å². The van der Waals surface area contributed by atoms with Crippen molar-refractivity contribution < 1.29 is 19.1 Å². The molecule has 0 unspecified atom stereocenters. The van der Waals surface area contributed by atoms with Crippen molar-refractivity contribution >= 4 is 50.2 Å². The van der Waals surface area contributed by atoms with Crippen LogP contribution in [0.4, 0.5) is 5.69 Å². The van der Waals surface area contributed by atoms with Crippen molar-refractivity contribution in [2.45, 2.75) is 26.2 Å². The van der Waals surface area contributed by atoms with Crippen LogP contribution in [0.1, 0.15) is 52.6 Å². The highest BCUT2D eigenvalue weighted by molar-refractivity contribution is 9.10. The summed E-state index contributed by atoms with van der Waals surface area (Å²) in [5.41, 5.74) is 4.50. The first-order chi connectivity index (χ1) is 16.7. The minimum atomic E-state index is -0.465. The molecule has 5 nitrogen and oxygen atoms in total. The third-order valence-corrected chi connectivity index (χ3v) is 7.53. The van der Waals surface area contributed by atoms with Crippen molar-refractivity contribution in [1.29, 1.82) is 0 Å². The molecule has 1 aliphatic heterocycles. The van der Waals surface area contributed by atoms with E-state index in [4.69, 9.17) is 4.74 Å². The summed E-state index contributed by atoms with van der Waals surface area (Å²) in [5.74, 6) is -0.568. The zero-order chi connectivity index (χ0) is 24.6. The highest BCUT2D eigenvalue weighted by Crippen LogP contribution is 2.55. The molecule has 2 aliphatic rings.